The molecule has 0 atom stereocenters. The molecule has 7 nitrogen and oxygen atoms in total. The number of amides is 3. The number of benzene rings is 1. The summed E-state index contributed by atoms with van der Waals surface area (Å²) in [4.78, 5) is 40.9. The van der Waals surface area contributed by atoms with Crippen LogP contribution in [0.1, 0.15) is 38.2 Å². The van der Waals surface area contributed by atoms with Crippen LogP contribution in [0, 0.1) is 0 Å². The molecule has 0 saturated carbocycles. The Morgan fingerprint density at radius 2 is 1.87 bits per heavy atom. The zero-order chi connectivity index (χ0) is 22.2. The third-order valence-electron chi connectivity index (χ3n) is 5.05. The number of thioether (sulfide) groups is 1. The largest absolute Gasteiger partial charge is 0.490 e. The first kappa shape index (κ1) is 22.9. The van der Waals surface area contributed by atoms with E-state index in [2.05, 4.69) is 6.58 Å². The summed E-state index contributed by atoms with van der Waals surface area (Å²) in [5, 5.41) is -0.421. The standard InChI is InChI=1S/C23H28N2O5S/c1-3-13-30-18-10-9-17(14-19(18)29-4-2)15-20-22(27)25(23(28)31-20)16-21(26)24-11-7-5-6-8-12-24/h3,9-10,14-15H,1,4-8,11-13,16H2,2H3/b20-15-. The van der Waals surface area contributed by atoms with Crippen LogP contribution >= 0.6 is 11.8 Å². The first-order valence-corrected chi connectivity index (χ1v) is 11.4. The van der Waals surface area contributed by atoms with Gasteiger partial charge in [0.05, 0.1) is 11.5 Å². The second-order valence-electron chi connectivity index (χ2n) is 7.30. The minimum atomic E-state index is -0.442. The molecule has 0 N–H and O–H groups in total. The van der Waals surface area contributed by atoms with Gasteiger partial charge >= 0.3 is 0 Å². The normalized spacial score (nSPS) is 18.3. The number of nitrogens with zero attached hydrogens (tertiary/aromatic N) is 2. The molecular formula is C23H28N2O5S. The van der Waals surface area contributed by atoms with Crippen molar-refractivity contribution in [1.82, 2.24) is 9.80 Å². The molecule has 0 aliphatic carbocycles. The average Bonchev–Trinajstić information content (AvgIpc) is 2.96. The molecule has 2 aliphatic heterocycles. The van der Waals surface area contributed by atoms with Crippen LogP contribution in [-0.2, 0) is 9.59 Å². The van der Waals surface area contributed by atoms with E-state index in [1.54, 1.807) is 35.3 Å². The number of rotatable bonds is 8. The summed E-state index contributed by atoms with van der Waals surface area (Å²) in [7, 11) is 0. The van der Waals surface area contributed by atoms with E-state index in [4.69, 9.17) is 9.47 Å². The lowest BCUT2D eigenvalue weighted by Crippen LogP contribution is -2.42. The molecular weight excluding hydrogens is 416 g/mol. The summed E-state index contributed by atoms with van der Waals surface area (Å²) < 4.78 is 11.2. The third-order valence-corrected chi connectivity index (χ3v) is 5.96. The predicted molar refractivity (Wildman–Crippen MR) is 121 cm³/mol. The van der Waals surface area contributed by atoms with Gasteiger partial charge in [-0.05, 0) is 55.3 Å². The SMILES string of the molecule is C=CCOc1ccc(/C=C2\SC(=O)N(CC(=O)N3CCCCCC3)C2=O)cc1OCC. The molecule has 31 heavy (non-hydrogen) atoms. The van der Waals surface area contributed by atoms with Gasteiger partial charge in [-0.1, -0.05) is 31.6 Å². The van der Waals surface area contributed by atoms with Crippen molar-refractivity contribution < 1.29 is 23.9 Å². The van der Waals surface area contributed by atoms with E-state index in [9.17, 15) is 14.4 Å². The van der Waals surface area contributed by atoms with Crippen LogP contribution in [-0.4, -0.2) is 59.7 Å². The van der Waals surface area contributed by atoms with Gasteiger partial charge in [0.25, 0.3) is 11.1 Å². The minimum Gasteiger partial charge on any atom is -0.490 e. The Bertz CT molecular complexity index is 875. The molecule has 166 valence electrons. The van der Waals surface area contributed by atoms with Crippen molar-refractivity contribution in [2.75, 3.05) is 32.8 Å². The average molecular weight is 445 g/mol. The van der Waals surface area contributed by atoms with Crippen LogP contribution in [0.25, 0.3) is 6.08 Å². The first-order chi connectivity index (χ1) is 15.0. The van der Waals surface area contributed by atoms with Crippen LogP contribution in [0.4, 0.5) is 4.79 Å². The predicted octanol–water partition coefficient (Wildman–Crippen LogP) is 4.09. The summed E-state index contributed by atoms with van der Waals surface area (Å²) in [6.45, 7) is 7.48. The van der Waals surface area contributed by atoms with Crippen molar-refractivity contribution in [3.63, 3.8) is 0 Å². The Hall–Kier alpha value is -2.74. The van der Waals surface area contributed by atoms with E-state index in [1.165, 1.54) is 0 Å². The molecule has 2 aliphatic rings. The maximum absolute atomic E-state index is 12.8. The zero-order valence-corrected chi connectivity index (χ0v) is 18.6. The number of carbonyl (C=O) groups excluding carboxylic acids is 3. The van der Waals surface area contributed by atoms with Crippen molar-refractivity contribution >= 4 is 34.9 Å². The molecule has 0 aromatic heterocycles. The van der Waals surface area contributed by atoms with E-state index in [-0.39, 0.29) is 17.4 Å². The molecule has 1 aromatic rings. The molecule has 0 unspecified atom stereocenters. The van der Waals surface area contributed by atoms with E-state index in [0.717, 1.165) is 42.3 Å². The number of hydrogen-bond acceptors (Lipinski definition) is 6. The number of likely N-dealkylation sites (tertiary alicyclic amines) is 1. The van der Waals surface area contributed by atoms with Gasteiger partial charge in [-0.15, -0.1) is 0 Å². The Morgan fingerprint density at radius 1 is 1.13 bits per heavy atom. The molecule has 0 radical (unpaired) electrons. The van der Waals surface area contributed by atoms with Crippen molar-refractivity contribution in [3.8, 4) is 11.5 Å². The Labute approximate surface area is 187 Å². The molecule has 1 aromatic carbocycles. The highest BCUT2D eigenvalue weighted by Gasteiger charge is 2.37. The Morgan fingerprint density at radius 3 is 2.55 bits per heavy atom. The summed E-state index contributed by atoms with van der Waals surface area (Å²) in [5.41, 5.74) is 0.707. The molecule has 2 fully saturated rings. The van der Waals surface area contributed by atoms with Gasteiger partial charge in [0.2, 0.25) is 5.91 Å². The lowest BCUT2D eigenvalue weighted by atomic mass is 10.2. The molecule has 3 amide bonds. The quantitative estimate of drug-likeness (QED) is 0.444. The second-order valence-corrected chi connectivity index (χ2v) is 8.29. The number of carbonyl (C=O) groups is 3. The van der Waals surface area contributed by atoms with Gasteiger partial charge in [0, 0.05) is 13.1 Å². The third kappa shape index (κ3) is 5.91. The van der Waals surface area contributed by atoms with Crippen LogP contribution in [0.5, 0.6) is 11.5 Å². The van der Waals surface area contributed by atoms with Crippen molar-refractivity contribution in [1.29, 1.82) is 0 Å². The van der Waals surface area contributed by atoms with Crippen molar-refractivity contribution in [2.24, 2.45) is 0 Å². The molecule has 3 rings (SSSR count). The van der Waals surface area contributed by atoms with E-state index in [1.807, 2.05) is 6.92 Å². The molecule has 2 heterocycles. The number of ether oxygens (including phenoxy) is 2. The maximum atomic E-state index is 12.8. The molecule has 2 saturated heterocycles. The smallest absolute Gasteiger partial charge is 0.294 e. The van der Waals surface area contributed by atoms with Crippen LogP contribution in [0.3, 0.4) is 0 Å². The second kappa shape index (κ2) is 11.0. The topological polar surface area (TPSA) is 76.2 Å². The zero-order valence-electron chi connectivity index (χ0n) is 17.8. The fourth-order valence-corrected chi connectivity index (χ4v) is 4.33. The summed E-state index contributed by atoms with van der Waals surface area (Å²) in [5.74, 6) is 0.514. The number of hydrogen-bond donors (Lipinski definition) is 0. The number of imide groups is 1. The first-order valence-electron chi connectivity index (χ1n) is 10.6. The highest BCUT2D eigenvalue weighted by Crippen LogP contribution is 2.34. The Kier molecular flexibility index (Phi) is 8.17. The fraction of sp³-hybridized carbons (Fsp3) is 0.435. The lowest BCUT2D eigenvalue weighted by Gasteiger charge is -2.22. The van der Waals surface area contributed by atoms with E-state index < -0.39 is 11.1 Å². The van der Waals surface area contributed by atoms with Crippen molar-refractivity contribution in [3.05, 3.63) is 41.3 Å². The van der Waals surface area contributed by atoms with Gasteiger partial charge in [-0.3, -0.25) is 19.3 Å². The van der Waals surface area contributed by atoms with E-state index in [0.29, 0.717) is 43.4 Å². The van der Waals surface area contributed by atoms with Gasteiger partial charge < -0.3 is 14.4 Å². The Balaban J connectivity index is 1.72. The molecule has 8 heteroatoms. The minimum absolute atomic E-state index is 0.173. The lowest BCUT2D eigenvalue weighted by molar-refractivity contribution is -0.135. The highest BCUT2D eigenvalue weighted by atomic mass is 32.2. The van der Waals surface area contributed by atoms with Crippen molar-refractivity contribution in [2.45, 2.75) is 32.6 Å². The summed E-state index contributed by atoms with van der Waals surface area (Å²) in [6, 6.07) is 5.31. The van der Waals surface area contributed by atoms with Gasteiger partial charge in [-0.25, -0.2) is 0 Å². The summed E-state index contributed by atoms with van der Waals surface area (Å²) >= 11 is 0.849. The van der Waals surface area contributed by atoms with Gasteiger partial charge in [-0.2, -0.15) is 0 Å². The van der Waals surface area contributed by atoms with Crippen LogP contribution in [0.15, 0.2) is 35.8 Å². The molecule has 0 bridgehead atoms. The van der Waals surface area contributed by atoms with Gasteiger partial charge in [0.1, 0.15) is 13.2 Å². The fourth-order valence-electron chi connectivity index (χ4n) is 3.49. The molecule has 0 spiro atoms. The summed E-state index contributed by atoms with van der Waals surface area (Å²) in [6.07, 6.45) is 7.42. The highest BCUT2D eigenvalue weighted by molar-refractivity contribution is 8.18. The maximum Gasteiger partial charge on any atom is 0.294 e. The monoisotopic (exact) mass is 444 g/mol. The van der Waals surface area contributed by atoms with E-state index >= 15 is 0 Å². The van der Waals surface area contributed by atoms with Crippen LogP contribution < -0.4 is 9.47 Å². The van der Waals surface area contributed by atoms with Gasteiger partial charge in [0.15, 0.2) is 11.5 Å². The van der Waals surface area contributed by atoms with Crippen LogP contribution in [0.2, 0.25) is 0 Å².